The number of benzene rings is 1. The van der Waals surface area contributed by atoms with Crippen LogP contribution in [0.2, 0.25) is 0 Å². The Hall–Kier alpha value is -2.48. The zero-order chi connectivity index (χ0) is 17.4. The lowest BCUT2D eigenvalue weighted by Gasteiger charge is -2.32. The number of rotatable bonds is 3. The molecule has 1 aliphatic heterocycles. The number of piperidine rings is 1. The summed E-state index contributed by atoms with van der Waals surface area (Å²) in [7, 11) is 1.56. The van der Waals surface area contributed by atoms with E-state index in [1.54, 1.807) is 30.6 Å². The third kappa shape index (κ3) is 2.97. The summed E-state index contributed by atoms with van der Waals surface area (Å²) in [4.78, 5) is 19.6. The Kier molecular flexibility index (Phi) is 4.12. The van der Waals surface area contributed by atoms with E-state index in [9.17, 15) is 4.79 Å². The minimum Gasteiger partial charge on any atom is -0.496 e. The lowest BCUT2D eigenvalue weighted by atomic mass is 9.97. The summed E-state index contributed by atoms with van der Waals surface area (Å²) < 4.78 is 5.41. The van der Waals surface area contributed by atoms with Crippen LogP contribution >= 0.6 is 11.3 Å². The number of ether oxygens (including phenoxy) is 1. The van der Waals surface area contributed by atoms with E-state index >= 15 is 0 Å². The quantitative estimate of drug-likeness (QED) is 0.779. The fourth-order valence-electron chi connectivity index (χ4n) is 3.30. The smallest absolute Gasteiger partial charge is 0.257 e. The first-order valence-electron chi connectivity index (χ1n) is 8.26. The lowest BCUT2D eigenvalue weighted by Crippen LogP contribution is -2.39. The second-order valence-corrected chi connectivity index (χ2v) is 7.19. The first kappa shape index (κ1) is 16.0. The molecule has 8 heteroatoms. The van der Waals surface area contributed by atoms with E-state index < -0.39 is 0 Å². The number of hydrogen-bond acceptors (Lipinski definition) is 6. The number of likely N-dealkylation sites (tertiary alicyclic amines) is 1. The zero-order valence-electron chi connectivity index (χ0n) is 14.2. The predicted octanol–water partition coefficient (Wildman–Crippen LogP) is 2.75. The van der Waals surface area contributed by atoms with Crippen molar-refractivity contribution in [2.75, 3.05) is 20.2 Å². The number of carbonyl (C=O) groups excluding carboxylic acids is 1. The molecule has 1 amide bonds. The molecule has 1 atom stereocenters. The van der Waals surface area contributed by atoms with Crippen LogP contribution in [0, 0.1) is 6.92 Å². The monoisotopic (exact) mass is 357 g/mol. The summed E-state index contributed by atoms with van der Waals surface area (Å²) in [6.45, 7) is 3.45. The molecule has 0 radical (unpaired) electrons. The fourth-order valence-corrected chi connectivity index (χ4v) is 4.23. The molecular formula is C17H19N5O2S. The first-order valence-corrected chi connectivity index (χ1v) is 9.14. The van der Waals surface area contributed by atoms with Gasteiger partial charge in [-0.1, -0.05) is 5.21 Å². The molecule has 7 nitrogen and oxygen atoms in total. The number of nitrogens with one attached hydrogen (secondary N) is 1. The number of amides is 1. The minimum absolute atomic E-state index is 0.0219. The van der Waals surface area contributed by atoms with Crippen LogP contribution < -0.4 is 4.74 Å². The number of fused-ring (bicyclic) bond motifs is 1. The van der Waals surface area contributed by atoms with Crippen molar-refractivity contribution in [2.45, 2.75) is 25.7 Å². The van der Waals surface area contributed by atoms with Crippen LogP contribution in [0.25, 0.3) is 11.0 Å². The van der Waals surface area contributed by atoms with Gasteiger partial charge in [-0.25, -0.2) is 4.98 Å². The number of thiazole rings is 1. The van der Waals surface area contributed by atoms with Gasteiger partial charge in [-0.2, -0.15) is 0 Å². The number of hydrogen-bond donors (Lipinski definition) is 1. The Morgan fingerprint density at radius 3 is 3.08 bits per heavy atom. The molecule has 3 heterocycles. The van der Waals surface area contributed by atoms with Crippen LogP contribution in [0.5, 0.6) is 5.75 Å². The number of H-pyrrole nitrogens is 1. The van der Waals surface area contributed by atoms with Gasteiger partial charge in [0.2, 0.25) is 0 Å². The summed E-state index contributed by atoms with van der Waals surface area (Å²) in [5, 5.41) is 13.8. The summed E-state index contributed by atoms with van der Waals surface area (Å²) in [5.74, 6) is 0.810. The molecule has 130 valence electrons. The number of aromatic amines is 1. The molecule has 4 rings (SSSR count). The molecule has 1 aliphatic rings. The largest absolute Gasteiger partial charge is 0.496 e. The Morgan fingerprint density at radius 1 is 1.44 bits per heavy atom. The molecule has 0 aliphatic carbocycles. The van der Waals surface area contributed by atoms with Crippen LogP contribution in [0.1, 0.15) is 39.8 Å². The Morgan fingerprint density at radius 2 is 2.32 bits per heavy atom. The molecule has 25 heavy (non-hydrogen) atoms. The van der Waals surface area contributed by atoms with E-state index in [1.165, 1.54) is 0 Å². The van der Waals surface area contributed by atoms with Gasteiger partial charge >= 0.3 is 0 Å². The summed E-state index contributed by atoms with van der Waals surface area (Å²) in [5.41, 5.74) is 3.00. The Labute approximate surface area is 149 Å². The minimum atomic E-state index is -0.0219. The van der Waals surface area contributed by atoms with Gasteiger partial charge in [0.25, 0.3) is 5.91 Å². The van der Waals surface area contributed by atoms with Crippen molar-refractivity contribution in [3.63, 3.8) is 0 Å². The van der Waals surface area contributed by atoms with Gasteiger partial charge < -0.3 is 9.64 Å². The first-order chi connectivity index (χ1) is 12.2. The molecule has 0 unspecified atom stereocenters. The van der Waals surface area contributed by atoms with Crippen molar-refractivity contribution in [1.29, 1.82) is 0 Å². The van der Waals surface area contributed by atoms with E-state index in [-0.39, 0.29) is 5.91 Å². The van der Waals surface area contributed by atoms with Crippen molar-refractivity contribution >= 4 is 28.3 Å². The third-order valence-electron chi connectivity index (χ3n) is 4.57. The Balaban J connectivity index is 1.61. The van der Waals surface area contributed by atoms with Crippen molar-refractivity contribution < 1.29 is 9.53 Å². The van der Waals surface area contributed by atoms with Crippen LogP contribution in [0.15, 0.2) is 17.5 Å². The highest BCUT2D eigenvalue weighted by atomic mass is 32.1. The van der Waals surface area contributed by atoms with Crippen LogP contribution in [-0.2, 0) is 0 Å². The van der Waals surface area contributed by atoms with Gasteiger partial charge in [-0.05, 0) is 25.8 Å². The van der Waals surface area contributed by atoms with Gasteiger partial charge in [0.15, 0.2) is 0 Å². The molecular weight excluding hydrogens is 338 g/mol. The van der Waals surface area contributed by atoms with Gasteiger partial charge in [-0.3, -0.25) is 9.89 Å². The van der Waals surface area contributed by atoms with E-state index in [1.807, 2.05) is 11.8 Å². The van der Waals surface area contributed by atoms with Crippen LogP contribution in [0.4, 0.5) is 0 Å². The summed E-state index contributed by atoms with van der Waals surface area (Å²) in [6, 6.07) is 3.52. The second-order valence-electron chi connectivity index (χ2n) is 6.30. The average Bonchev–Trinajstić information content (AvgIpc) is 3.28. The Bertz CT molecular complexity index is 919. The molecule has 1 saturated heterocycles. The maximum atomic E-state index is 13.1. The van der Waals surface area contributed by atoms with E-state index in [0.717, 1.165) is 35.6 Å². The number of aromatic nitrogens is 4. The average molecular weight is 357 g/mol. The van der Waals surface area contributed by atoms with Gasteiger partial charge in [0, 0.05) is 36.1 Å². The van der Waals surface area contributed by atoms with Gasteiger partial charge in [0.1, 0.15) is 11.3 Å². The normalized spacial score (nSPS) is 17.8. The van der Waals surface area contributed by atoms with E-state index in [0.29, 0.717) is 29.3 Å². The molecule has 1 aromatic carbocycles. The SMILES string of the molecule is COc1cc2nn[nH]c2cc1C(=O)N1CCC[C@H](c2nc(C)cs2)C1. The second kappa shape index (κ2) is 6.44. The molecule has 1 fully saturated rings. The van der Waals surface area contributed by atoms with Crippen molar-refractivity contribution in [1.82, 2.24) is 25.3 Å². The van der Waals surface area contributed by atoms with Crippen molar-refractivity contribution in [3.05, 3.63) is 33.8 Å². The maximum Gasteiger partial charge on any atom is 0.257 e. The third-order valence-corrected chi connectivity index (χ3v) is 5.70. The lowest BCUT2D eigenvalue weighted by molar-refractivity contribution is 0.0704. The fraction of sp³-hybridized carbons (Fsp3) is 0.412. The molecule has 2 aromatic heterocycles. The molecule has 0 saturated carbocycles. The zero-order valence-corrected chi connectivity index (χ0v) is 15.0. The number of aryl methyl sites for hydroxylation is 1. The molecule has 0 spiro atoms. The standard InChI is InChI=1S/C17H19N5O2S/c1-10-9-25-16(18-10)11-4-3-5-22(8-11)17(23)12-6-13-14(20-21-19-13)7-15(12)24-2/h6-7,9,11H,3-5,8H2,1-2H3,(H,19,20,21)/t11-/m0/s1. The van der Waals surface area contributed by atoms with Crippen molar-refractivity contribution in [2.24, 2.45) is 0 Å². The highest BCUT2D eigenvalue weighted by molar-refractivity contribution is 7.09. The van der Waals surface area contributed by atoms with E-state index in [4.69, 9.17) is 4.74 Å². The topological polar surface area (TPSA) is 84.0 Å². The molecule has 3 aromatic rings. The number of nitrogens with zero attached hydrogens (tertiary/aromatic N) is 4. The van der Waals surface area contributed by atoms with Crippen LogP contribution in [0.3, 0.4) is 0 Å². The molecule has 1 N–H and O–H groups in total. The van der Waals surface area contributed by atoms with Crippen LogP contribution in [-0.4, -0.2) is 51.4 Å². The van der Waals surface area contributed by atoms with E-state index in [2.05, 4.69) is 25.8 Å². The highest BCUT2D eigenvalue weighted by Gasteiger charge is 2.29. The number of methoxy groups -OCH3 is 1. The summed E-state index contributed by atoms with van der Waals surface area (Å²) >= 11 is 1.68. The summed E-state index contributed by atoms with van der Waals surface area (Å²) in [6.07, 6.45) is 2.04. The maximum absolute atomic E-state index is 13.1. The number of carbonyl (C=O) groups is 1. The predicted molar refractivity (Wildman–Crippen MR) is 95.2 cm³/mol. The van der Waals surface area contributed by atoms with Crippen molar-refractivity contribution in [3.8, 4) is 5.75 Å². The molecule has 0 bridgehead atoms. The van der Waals surface area contributed by atoms with Gasteiger partial charge in [-0.15, -0.1) is 16.4 Å². The van der Waals surface area contributed by atoms with Gasteiger partial charge in [0.05, 0.1) is 23.2 Å². The highest BCUT2D eigenvalue weighted by Crippen LogP contribution is 2.31.